The van der Waals surface area contributed by atoms with Crippen molar-refractivity contribution in [2.45, 2.75) is 44.3 Å². The van der Waals surface area contributed by atoms with Crippen LogP contribution in [0.3, 0.4) is 0 Å². The minimum atomic E-state index is -0.621. The second-order valence-electron chi connectivity index (χ2n) is 8.00. The number of aromatic hydroxyl groups is 1. The lowest BCUT2D eigenvalue weighted by molar-refractivity contribution is 0.00904. The van der Waals surface area contributed by atoms with E-state index in [0.717, 1.165) is 16.7 Å². The fraction of sp³-hybridized carbons (Fsp3) is 0.455. The molecule has 0 saturated heterocycles. The number of aliphatic hydroxyl groups is 1. The molecule has 2 atom stereocenters. The second-order valence-corrected chi connectivity index (χ2v) is 8.00. The van der Waals surface area contributed by atoms with Crippen molar-refractivity contribution in [1.82, 2.24) is 0 Å². The summed E-state index contributed by atoms with van der Waals surface area (Å²) in [7, 11) is 3.04. The zero-order valence-corrected chi connectivity index (χ0v) is 16.6. The molecule has 0 saturated carbocycles. The number of hydrogen-bond donors (Lipinski definition) is 2. The van der Waals surface area contributed by atoms with E-state index in [4.69, 9.17) is 18.9 Å². The van der Waals surface area contributed by atoms with Crippen molar-refractivity contribution in [3.8, 4) is 28.7 Å². The van der Waals surface area contributed by atoms with Crippen LogP contribution >= 0.6 is 0 Å². The SMILES string of the molecule is COc1ccc([C@H]2COc3c(ccc4c3[C@H](O)CC(C)(C)O4)C2)c(OC)c1O. The number of rotatable bonds is 3. The number of ether oxygens (including phenoxy) is 4. The maximum atomic E-state index is 10.7. The number of fused-ring (bicyclic) bond motifs is 3. The minimum Gasteiger partial charge on any atom is -0.502 e. The smallest absolute Gasteiger partial charge is 0.201 e. The lowest BCUT2D eigenvalue weighted by Crippen LogP contribution is -2.35. The highest BCUT2D eigenvalue weighted by atomic mass is 16.5. The summed E-state index contributed by atoms with van der Waals surface area (Å²) in [5.41, 5.74) is 2.20. The quantitative estimate of drug-likeness (QED) is 0.837. The third-order valence-electron chi connectivity index (χ3n) is 5.53. The fourth-order valence-electron chi connectivity index (χ4n) is 4.25. The Kier molecular flexibility index (Phi) is 4.54. The number of phenols is 1. The van der Waals surface area contributed by atoms with Crippen molar-refractivity contribution in [3.63, 3.8) is 0 Å². The van der Waals surface area contributed by atoms with Crippen LogP contribution in [0.4, 0.5) is 0 Å². The molecule has 0 unspecified atom stereocenters. The Labute approximate surface area is 164 Å². The van der Waals surface area contributed by atoms with Crippen LogP contribution in [0.1, 0.15) is 49.0 Å². The van der Waals surface area contributed by atoms with Gasteiger partial charge < -0.3 is 29.2 Å². The lowest BCUT2D eigenvalue weighted by Gasteiger charge is -2.38. The normalized spacial score (nSPS) is 22.3. The summed E-state index contributed by atoms with van der Waals surface area (Å²) in [6.45, 7) is 4.36. The maximum Gasteiger partial charge on any atom is 0.201 e. The molecule has 0 spiro atoms. The summed E-state index contributed by atoms with van der Waals surface area (Å²) in [6.07, 6.45) is 0.606. The first-order chi connectivity index (χ1) is 13.3. The van der Waals surface area contributed by atoms with E-state index in [-0.39, 0.29) is 11.7 Å². The predicted molar refractivity (Wildman–Crippen MR) is 104 cm³/mol. The molecule has 2 aromatic rings. The van der Waals surface area contributed by atoms with Gasteiger partial charge in [-0.1, -0.05) is 12.1 Å². The number of methoxy groups -OCH3 is 2. The molecular formula is C22H26O6. The van der Waals surface area contributed by atoms with E-state index >= 15 is 0 Å². The molecule has 2 heterocycles. The van der Waals surface area contributed by atoms with E-state index in [1.54, 1.807) is 6.07 Å². The average molecular weight is 386 g/mol. The molecule has 2 aromatic carbocycles. The van der Waals surface area contributed by atoms with Crippen LogP contribution in [-0.4, -0.2) is 36.6 Å². The molecule has 2 aliphatic rings. The van der Waals surface area contributed by atoms with Gasteiger partial charge in [-0.25, -0.2) is 0 Å². The highest BCUT2D eigenvalue weighted by Gasteiger charge is 2.37. The molecule has 0 amide bonds. The largest absolute Gasteiger partial charge is 0.502 e. The van der Waals surface area contributed by atoms with Crippen molar-refractivity contribution >= 4 is 0 Å². The highest BCUT2D eigenvalue weighted by Crippen LogP contribution is 2.49. The van der Waals surface area contributed by atoms with Gasteiger partial charge in [-0.2, -0.15) is 0 Å². The number of benzene rings is 2. The summed E-state index contributed by atoms with van der Waals surface area (Å²) in [5.74, 6) is 2.17. The van der Waals surface area contributed by atoms with E-state index in [1.165, 1.54) is 14.2 Å². The number of aliphatic hydroxyl groups excluding tert-OH is 1. The molecule has 0 fully saturated rings. The highest BCUT2D eigenvalue weighted by molar-refractivity contribution is 5.58. The Morgan fingerprint density at radius 2 is 1.89 bits per heavy atom. The topological polar surface area (TPSA) is 77.4 Å². The molecule has 150 valence electrons. The van der Waals surface area contributed by atoms with E-state index in [1.807, 2.05) is 32.0 Å². The fourth-order valence-corrected chi connectivity index (χ4v) is 4.25. The zero-order chi connectivity index (χ0) is 20.1. The van der Waals surface area contributed by atoms with Gasteiger partial charge in [-0.3, -0.25) is 0 Å². The molecule has 0 radical (unpaired) electrons. The predicted octanol–water partition coefficient (Wildman–Crippen LogP) is 3.72. The van der Waals surface area contributed by atoms with E-state index in [9.17, 15) is 10.2 Å². The Bertz CT molecular complexity index is 904. The third kappa shape index (κ3) is 3.02. The van der Waals surface area contributed by atoms with E-state index in [0.29, 0.717) is 42.4 Å². The summed E-state index contributed by atoms with van der Waals surface area (Å²) in [6, 6.07) is 7.53. The van der Waals surface area contributed by atoms with Crippen LogP contribution in [0.15, 0.2) is 24.3 Å². The van der Waals surface area contributed by atoms with Gasteiger partial charge in [0, 0.05) is 17.9 Å². The molecule has 6 nitrogen and oxygen atoms in total. The van der Waals surface area contributed by atoms with Crippen molar-refractivity contribution < 1.29 is 29.2 Å². The molecule has 2 aliphatic heterocycles. The van der Waals surface area contributed by atoms with Gasteiger partial charge in [0.2, 0.25) is 5.75 Å². The number of phenolic OH excluding ortho intramolecular Hbond substituents is 1. The van der Waals surface area contributed by atoms with Gasteiger partial charge in [-0.15, -0.1) is 0 Å². The van der Waals surface area contributed by atoms with Crippen molar-refractivity contribution in [1.29, 1.82) is 0 Å². The molecular weight excluding hydrogens is 360 g/mol. The van der Waals surface area contributed by atoms with Crippen LogP contribution in [0.5, 0.6) is 28.7 Å². The molecule has 0 aromatic heterocycles. The first-order valence-electron chi connectivity index (χ1n) is 9.44. The van der Waals surface area contributed by atoms with Crippen LogP contribution < -0.4 is 18.9 Å². The summed E-state index contributed by atoms with van der Waals surface area (Å²) < 4.78 is 22.8. The molecule has 2 N–H and O–H groups in total. The Balaban J connectivity index is 1.69. The first kappa shape index (κ1) is 18.7. The third-order valence-corrected chi connectivity index (χ3v) is 5.53. The Morgan fingerprint density at radius 3 is 2.61 bits per heavy atom. The minimum absolute atomic E-state index is 0.00945. The monoisotopic (exact) mass is 386 g/mol. The van der Waals surface area contributed by atoms with Crippen LogP contribution in [0.25, 0.3) is 0 Å². The van der Waals surface area contributed by atoms with Gasteiger partial charge in [0.15, 0.2) is 11.5 Å². The van der Waals surface area contributed by atoms with Gasteiger partial charge >= 0.3 is 0 Å². The molecule has 0 bridgehead atoms. The molecule has 0 aliphatic carbocycles. The van der Waals surface area contributed by atoms with Crippen LogP contribution in [0, 0.1) is 0 Å². The molecule has 28 heavy (non-hydrogen) atoms. The van der Waals surface area contributed by atoms with Gasteiger partial charge in [-0.05, 0) is 38.0 Å². The van der Waals surface area contributed by atoms with Crippen LogP contribution in [0.2, 0.25) is 0 Å². The summed E-state index contributed by atoms with van der Waals surface area (Å²) in [4.78, 5) is 0. The summed E-state index contributed by atoms with van der Waals surface area (Å²) in [5, 5.41) is 21.1. The van der Waals surface area contributed by atoms with Crippen molar-refractivity contribution in [2.75, 3.05) is 20.8 Å². The second kappa shape index (κ2) is 6.78. The van der Waals surface area contributed by atoms with Gasteiger partial charge in [0.05, 0.1) is 32.5 Å². The van der Waals surface area contributed by atoms with Crippen molar-refractivity contribution in [3.05, 3.63) is 41.0 Å². The Hall–Kier alpha value is -2.60. The lowest BCUT2D eigenvalue weighted by atomic mass is 9.85. The maximum absolute atomic E-state index is 10.7. The van der Waals surface area contributed by atoms with E-state index in [2.05, 4.69) is 0 Å². The van der Waals surface area contributed by atoms with Gasteiger partial charge in [0.1, 0.15) is 17.1 Å². The number of hydrogen-bond acceptors (Lipinski definition) is 6. The van der Waals surface area contributed by atoms with Crippen molar-refractivity contribution in [2.24, 2.45) is 0 Å². The zero-order valence-electron chi connectivity index (χ0n) is 16.6. The van der Waals surface area contributed by atoms with Crippen LogP contribution in [-0.2, 0) is 6.42 Å². The van der Waals surface area contributed by atoms with Gasteiger partial charge in [0.25, 0.3) is 0 Å². The standard InChI is InChI=1S/C22H26O6/c1-22(2)10-15(23)18-16(28-22)7-5-12-9-13(11-27-20(12)18)14-6-8-17(25-3)19(24)21(14)26-4/h5-8,13,15,23-24H,9-11H2,1-4H3/t13-,15-/m1/s1. The average Bonchev–Trinajstić information content (AvgIpc) is 2.65. The summed E-state index contributed by atoms with van der Waals surface area (Å²) >= 11 is 0. The molecule has 6 heteroatoms. The first-order valence-corrected chi connectivity index (χ1v) is 9.44. The van der Waals surface area contributed by atoms with E-state index < -0.39 is 11.7 Å². The molecule has 4 rings (SSSR count). The Morgan fingerprint density at radius 1 is 1.11 bits per heavy atom.